The number of rotatable bonds is 3. The zero-order valence-electron chi connectivity index (χ0n) is 7.74. The van der Waals surface area contributed by atoms with E-state index in [1.807, 2.05) is 0 Å². The minimum Gasteiger partial charge on any atom is -0.454 e. The summed E-state index contributed by atoms with van der Waals surface area (Å²) in [5.74, 6) is -0.191. The van der Waals surface area contributed by atoms with Crippen LogP contribution in [0.2, 0.25) is 0 Å². The summed E-state index contributed by atoms with van der Waals surface area (Å²) in [6.45, 7) is 4.91. The van der Waals surface area contributed by atoms with Crippen molar-refractivity contribution in [1.29, 1.82) is 0 Å². The van der Waals surface area contributed by atoms with Crippen LogP contribution in [-0.2, 0) is 16.1 Å². The number of carbonyl (C=O) groups excluding carboxylic acids is 1. The number of carbonyl (C=O) groups is 1. The van der Waals surface area contributed by atoms with Crippen LogP contribution < -0.4 is 5.56 Å². The van der Waals surface area contributed by atoms with Crippen molar-refractivity contribution in [3.63, 3.8) is 0 Å². The van der Waals surface area contributed by atoms with Gasteiger partial charge < -0.3 is 9.72 Å². The molecular weight excluding hydrogens is 184 g/mol. The van der Waals surface area contributed by atoms with E-state index in [-0.39, 0.29) is 12.2 Å². The first-order valence-electron chi connectivity index (χ1n) is 3.96. The van der Waals surface area contributed by atoms with E-state index in [1.54, 1.807) is 6.92 Å². The Labute approximate surface area is 80.4 Å². The van der Waals surface area contributed by atoms with Crippen LogP contribution in [-0.4, -0.2) is 15.9 Å². The van der Waals surface area contributed by atoms with Crippen LogP contribution in [0.1, 0.15) is 12.7 Å². The molecular formula is C9H10N2O3. The fourth-order valence-electron chi connectivity index (χ4n) is 0.742. The average Bonchev–Trinajstić information content (AvgIpc) is 2.14. The lowest BCUT2D eigenvalue weighted by Crippen LogP contribution is -2.12. The molecule has 14 heavy (non-hydrogen) atoms. The maximum atomic E-state index is 11.0. The van der Waals surface area contributed by atoms with Gasteiger partial charge in [-0.3, -0.25) is 4.79 Å². The summed E-state index contributed by atoms with van der Waals surface area (Å²) in [6.07, 6.45) is 1.35. The van der Waals surface area contributed by atoms with Gasteiger partial charge in [-0.05, 0) is 6.92 Å². The molecule has 5 heteroatoms. The standard InChI is InChI=1S/C9H10N2O3/c1-6(2)9(13)14-5-7-10-4-3-8(12)11-7/h3-4H,1,5H2,2H3,(H,10,11,12). The summed E-state index contributed by atoms with van der Waals surface area (Å²) in [5.41, 5.74) is 0.0321. The molecule has 0 saturated heterocycles. The van der Waals surface area contributed by atoms with Gasteiger partial charge >= 0.3 is 5.97 Å². The minimum atomic E-state index is -0.503. The maximum Gasteiger partial charge on any atom is 0.333 e. The highest BCUT2D eigenvalue weighted by Gasteiger charge is 2.04. The number of hydrogen-bond acceptors (Lipinski definition) is 4. The maximum absolute atomic E-state index is 11.0. The van der Waals surface area contributed by atoms with E-state index in [4.69, 9.17) is 4.74 Å². The van der Waals surface area contributed by atoms with Crippen molar-refractivity contribution in [1.82, 2.24) is 9.97 Å². The highest BCUT2D eigenvalue weighted by molar-refractivity contribution is 5.86. The number of nitrogens with one attached hydrogen (secondary N) is 1. The van der Waals surface area contributed by atoms with E-state index in [9.17, 15) is 9.59 Å². The quantitative estimate of drug-likeness (QED) is 0.558. The molecule has 0 unspecified atom stereocenters. The first-order chi connectivity index (χ1) is 6.59. The van der Waals surface area contributed by atoms with Crippen LogP contribution in [0.15, 0.2) is 29.2 Å². The predicted molar refractivity (Wildman–Crippen MR) is 49.5 cm³/mol. The van der Waals surface area contributed by atoms with Gasteiger partial charge in [0.1, 0.15) is 12.4 Å². The highest BCUT2D eigenvalue weighted by atomic mass is 16.5. The molecule has 0 saturated carbocycles. The zero-order valence-corrected chi connectivity index (χ0v) is 7.74. The second-order valence-corrected chi connectivity index (χ2v) is 2.74. The molecule has 0 fully saturated rings. The SMILES string of the molecule is C=C(C)C(=O)OCc1nccc(=O)[nH]1. The largest absolute Gasteiger partial charge is 0.454 e. The van der Waals surface area contributed by atoms with E-state index in [2.05, 4.69) is 16.5 Å². The van der Waals surface area contributed by atoms with Crippen molar-refractivity contribution in [2.24, 2.45) is 0 Å². The molecule has 1 rings (SSSR count). The Morgan fingerprint density at radius 2 is 2.43 bits per heavy atom. The van der Waals surface area contributed by atoms with Crippen LogP contribution in [0, 0.1) is 0 Å². The van der Waals surface area contributed by atoms with E-state index in [1.165, 1.54) is 12.3 Å². The minimum absolute atomic E-state index is 0.0538. The molecule has 0 aliphatic carbocycles. The first-order valence-corrected chi connectivity index (χ1v) is 3.96. The number of esters is 1. The summed E-state index contributed by atoms with van der Waals surface area (Å²) < 4.78 is 4.77. The fourth-order valence-corrected chi connectivity index (χ4v) is 0.742. The normalized spacial score (nSPS) is 9.50. The topological polar surface area (TPSA) is 72.0 Å². The van der Waals surface area contributed by atoms with Crippen LogP contribution >= 0.6 is 0 Å². The smallest absolute Gasteiger partial charge is 0.333 e. The van der Waals surface area contributed by atoms with Crippen molar-refractivity contribution >= 4 is 5.97 Å². The molecule has 1 N–H and O–H groups in total. The number of ether oxygens (including phenoxy) is 1. The molecule has 0 spiro atoms. The molecule has 1 aromatic heterocycles. The van der Waals surface area contributed by atoms with E-state index >= 15 is 0 Å². The Bertz CT molecular complexity index is 409. The Kier molecular flexibility index (Phi) is 3.17. The molecule has 0 bridgehead atoms. The second kappa shape index (κ2) is 4.36. The van der Waals surface area contributed by atoms with Crippen molar-refractivity contribution < 1.29 is 9.53 Å². The van der Waals surface area contributed by atoms with Crippen LogP contribution in [0.3, 0.4) is 0 Å². The van der Waals surface area contributed by atoms with Crippen LogP contribution in [0.5, 0.6) is 0 Å². The van der Waals surface area contributed by atoms with Gasteiger partial charge in [-0.1, -0.05) is 6.58 Å². The van der Waals surface area contributed by atoms with E-state index in [0.717, 1.165) is 0 Å². The second-order valence-electron chi connectivity index (χ2n) is 2.74. The van der Waals surface area contributed by atoms with Gasteiger partial charge in [0.2, 0.25) is 0 Å². The molecule has 0 amide bonds. The molecule has 0 aromatic carbocycles. The molecule has 0 aliphatic heterocycles. The first kappa shape index (κ1) is 10.2. The van der Waals surface area contributed by atoms with Gasteiger partial charge in [0.15, 0.2) is 0 Å². The van der Waals surface area contributed by atoms with Crippen molar-refractivity contribution in [2.45, 2.75) is 13.5 Å². The zero-order chi connectivity index (χ0) is 10.6. The van der Waals surface area contributed by atoms with Crippen molar-refractivity contribution in [3.8, 4) is 0 Å². The lowest BCUT2D eigenvalue weighted by atomic mass is 10.4. The fraction of sp³-hybridized carbons (Fsp3) is 0.222. The third-order valence-electron chi connectivity index (χ3n) is 1.41. The predicted octanol–water partition coefficient (Wildman–Crippen LogP) is 0.389. The Morgan fingerprint density at radius 1 is 1.71 bits per heavy atom. The third-order valence-corrected chi connectivity index (χ3v) is 1.41. The van der Waals surface area contributed by atoms with Gasteiger partial charge in [0, 0.05) is 17.8 Å². The van der Waals surface area contributed by atoms with Crippen LogP contribution in [0.4, 0.5) is 0 Å². The Morgan fingerprint density at radius 3 is 3.00 bits per heavy atom. The molecule has 1 aromatic rings. The van der Waals surface area contributed by atoms with Gasteiger partial charge in [0.25, 0.3) is 5.56 Å². The average molecular weight is 194 g/mol. The number of H-pyrrole nitrogens is 1. The molecule has 74 valence electrons. The molecule has 0 aliphatic rings. The molecule has 0 radical (unpaired) electrons. The van der Waals surface area contributed by atoms with Gasteiger partial charge in [-0.2, -0.15) is 0 Å². The monoisotopic (exact) mass is 194 g/mol. The molecule has 0 atom stereocenters. The van der Waals surface area contributed by atoms with Gasteiger partial charge in [0.05, 0.1) is 0 Å². The van der Waals surface area contributed by atoms with Crippen molar-refractivity contribution in [3.05, 3.63) is 40.6 Å². The van der Waals surface area contributed by atoms with E-state index in [0.29, 0.717) is 11.4 Å². The lowest BCUT2D eigenvalue weighted by molar-refractivity contribution is -0.140. The molecule has 5 nitrogen and oxygen atoms in total. The summed E-state index contributed by atoms with van der Waals surface area (Å²) in [5, 5.41) is 0. The highest BCUT2D eigenvalue weighted by Crippen LogP contribution is 1.95. The van der Waals surface area contributed by atoms with Gasteiger partial charge in [-0.25, -0.2) is 9.78 Å². The summed E-state index contributed by atoms with van der Waals surface area (Å²) in [6, 6.07) is 1.28. The summed E-state index contributed by atoms with van der Waals surface area (Å²) >= 11 is 0. The summed E-state index contributed by atoms with van der Waals surface area (Å²) in [4.78, 5) is 28.0. The number of aromatic nitrogens is 2. The van der Waals surface area contributed by atoms with Crippen molar-refractivity contribution in [2.75, 3.05) is 0 Å². The third kappa shape index (κ3) is 2.85. The number of hydrogen-bond donors (Lipinski definition) is 1. The van der Waals surface area contributed by atoms with E-state index < -0.39 is 5.97 Å². The lowest BCUT2D eigenvalue weighted by Gasteiger charge is -2.02. The van der Waals surface area contributed by atoms with Crippen LogP contribution in [0.25, 0.3) is 0 Å². The van der Waals surface area contributed by atoms with Gasteiger partial charge in [-0.15, -0.1) is 0 Å². The summed E-state index contributed by atoms with van der Waals surface area (Å²) in [7, 11) is 0. The molecule has 1 heterocycles. The number of nitrogens with zero attached hydrogens (tertiary/aromatic N) is 1. The Hall–Kier alpha value is -1.91. The number of aromatic amines is 1. The Balaban J connectivity index is 2.58.